The molecule has 3 rings (SSSR count). The van der Waals surface area contributed by atoms with Crippen molar-refractivity contribution in [2.45, 2.75) is 6.54 Å². The molecule has 5 N–H and O–H groups in total. The Balaban J connectivity index is 1.75. The van der Waals surface area contributed by atoms with Gasteiger partial charge < -0.3 is 21.5 Å². The van der Waals surface area contributed by atoms with E-state index in [0.717, 1.165) is 5.56 Å². The van der Waals surface area contributed by atoms with Crippen LogP contribution in [0.1, 0.15) is 11.1 Å². The molecule has 0 bridgehead atoms. The molecule has 140 valence electrons. The molecule has 28 heavy (non-hydrogen) atoms. The SMILES string of the molecule is N#Cc1c(N)nc(N)nc1-c1ccccc1OCC(=O)NCc1ccccc1. The van der Waals surface area contributed by atoms with E-state index < -0.39 is 0 Å². The van der Waals surface area contributed by atoms with E-state index in [4.69, 9.17) is 16.2 Å². The maximum absolute atomic E-state index is 12.1. The van der Waals surface area contributed by atoms with E-state index >= 15 is 0 Å². The van der Waals surface area contributed by atoms with Crippen LogP contribution < -0.4 is 21.5 Å². The monoisotopic (exact) mass is 374 g/mol. The van der Waals surface area contributed by atoms with Crippen LogP contribution in [0.5, 0.6) is 5.75 Å². The van der Waals surface area contributed by atoms with Gasteiger partial charge in [-0.1, -0.05) is 42.5 Å². The highest BCUT2D eigenvalue weighted by molar-refractivity contribution is 5.79. The Morgan fingerprint density at radius 2 is 1.79 bits per heavy atom. The average molecular weight is 374 g/mol. The van der Waals surface area contributed by atoms with Gasteiger partial charge in [0, 0.05) is 12.1 Å². The van der Waals surface area contributed by atoms with Gasteiger partial charge in [-0.2, -0.15) is 10.2 Å². The van der Waals surface area contributed by atoms with Gasteiger partial charge in [-0.05, 0) is 17.7 Å². The van der Waals surface area contributed by atoms with Gasteiger partial charge >= 0.3 is 0 Å². The Bertz CT molecular complexity index is 1030. The van der Waals surface area contributed by atoms with Crippen molar-refractivity contribution < 1.29 is 9.53 Å². The Hall–Kier alpha value is -4.12. The number of nitrogens with zero attached hydrogens (tertiary/aromatic N) is 3. The maximum Gasteiger partial charge on any atom is 0.258 e. The number of amides is 1. The van der Waals surface area contributed by atoms with Gasteiger partial charge in [0.15, 0.2) is 6.61 Å². The summed E-state index contributed by atoms with van der Waals surface area (Å²) in [5.74, 6) is 0.0366. The van der Waals surface area contributed by atoms with Crippen LogP contribution in [0.2, 0.25) is 0 Å². The van der Waals surface area contributed by atoms with Crippen molar-refractivity contribution in [2.24, 2.45) is 0 Å². The number of nitrogens with two attached hydrogens (primary N) is 2. The topological polar surface area (TPSA) is 140 Å². The quantitative estimate of drug-likeness (QED) is 0.598. The van der Waals surface area contributed by atoms with Gasteiger partial charge in [0.05, 0.1) is 5.69 Å². The van der Waals surface area contributed by atoms with E-state index in [-0.39, 0.29) is 35.5 Å². The van der Waals surface area contributed by atoms with Crippen molar-refractivity contribution in [3.05, 3.63) is 65.7 Å². The lowest BCUT2D eigenvalue weighted by Gasteiger charge is -2.13. The van der Waals surface area contributed by atoms with Crippen LogP contribution in [0.25, 0.3) is 11.3 Å². The van der Waals surface area contributed by atoms with Gasteiger partial charge in [-0.15, -0.1) is 0 Å². The van der Waals surface area contributed by atoms with Crippen molar-refractivity contribution >= 4 is 17.7 Å². The number of rotatable bonds is 6. The summed E-state index contributed by atoms with van der Waals surface area (Å²) in [6.07, 6.45) is 0. The second kappa shape index (κ2) is 8.51. The molecular weight excluding hydrogens is 356 g/mol. The number of benzene rings is 2. The van der Waals surface area contributed by atoms with E-state index in [2.05, 4.69) is 15.3 Å². The van der Waals surface area contributed by atoms with Crippen LogP contribution >= 0.6 is 0 Å². The number of anilines is 2. The zero-order chi connectivity index (χ0) is 19.9. The van der Waals surface area contributed by atoms with Crippen molar-refractivity contribution in [3.8, 4) is 23.1 Å². The smallest absolute Gasteiger partial charge is 0.258 e. The molecule has 1 heterocycles. The van der Waals surface area contributed by atoms with Gasteiger partial charge in [0.2, 0.25) is 5.95 Å². The van der Waals surface area contributed by atoms with Gasteiger partial charge in [-0.25, -0.2) is 4.98 Å². The summed E-state index contributed by atoms with van der Waals surface area (Å²) >= 11 is 0. The number of nitriles is 1. The zero-order valence-corrected chi connectivity index (χ0v) is 14.9. The highest BCUT2D eigenvalue weighted by Gasteiger charge is 2.17. The largest absolute Gasteiger partial charge is 0.483 e. The van der Waals surface area contributed by atoms with Gasteiger partial charge in [0.1, 0.15) is 23.2 Å². The van der Waals surface area contributed by atoms with Crippen LogP contribution in [-0.4, -0.2) is 22.5 Å². The van der Waals surface area contributed by atoms with Crippen LogP contribution in [0.4, 0.5) is 11.8 Å². The highest BCUT2D eigenvalue weighted by Crippen LogP contribution is 2.32. The predicted octanol–water partition coefficient (Wildman–Crippen LogP) is 1.87. The van der Waals surface area contributed by atoms with E-state index in [1.807, 2.05) is 36.4 Å². The molecule has 3 aromatic rings. The summed E-state index contributed by atoms with van der Waals surface area (Å²) in [6.45, 7) is 0.212. The summed E-state index contributed by atoms with van der Waals surface area (Å²) < 4.78 is 5.66. The number of nitrogen functional groups attached to an aromatic ring is 2. The van der Waals surface area contributed by atoms with Crippen molar-refractivity contribution in [1.82, 2.24) is 15.3 Å². The standard InChI is InChI=1S/C20H18N6O2/c21-10-15-18(25-20(23)26-19(15)22)14-8-4-5-9-16(14)28-12-17(27)24-11-13-6-2-1-3-7-13/h1-9H,11-12H2,(H,24,27)(H4,22,23,25,26). The molecule has 0 atom stereocenters. The van der Waals surface area contributed by atoms with E-state index in [1.165, 1.54) is 0 Å². The molecule has 8 nitrogen and oxygen atoms in total. The number of carbonyl (C=O) groups is 1. The number of ether oxygens (including phenoxy) is 1. The molecule has 8 heteroatoms. The first-order chi connectivity index (χ1) is 13.6. The van der Waals surface area contributed by atoms with Crippen LogP contribution in [0.15, 0.2) is 54.6 Å². The Morgan fingerprint density at radius 1 is 1.07 bits per heavy atom. The number of para-hydroxylation sites is 1. The lowest BCUT2D eigenvalue weighted by Crippen LogP contribution is -2.28. The number of aromatic nitrogens is 2. The molecule has 1 amide bonds. The molecule has 0 radical (unpaired) electrons. The molecule has 0 saturated heterocycles. The normalized spacial score (nSPS) is 10.1. The molecule has 0 fully saturated rings. The first kappa shape index (κ1) is 18.7. The fraction of sp³-hybridized carbons (Fsp3) is 0.100. The number of hydrogen-bond donors (Lipinski definition) is 3. The second-order valence-corrected chi connectivity index (χ2v) is 5.85. The molecule has 0 unspecified atom stereocenters. The molecule has 2 aromatic carbocycles. The number of nitrogens with one attached hydrogen (secondary N) is 1. The summed E-state index contributed by atoms with van der Waals surface area (Å²) in [5, 5.41) is 12.2. The summed E-state index contributed by atoms with van der Waals surface area (Å²) in [6, 6.07) is 18.4. The number of hydrogen-bond acceptors (Lipinski definition) is 7. The van der Waals surface area contributed by atoms with E-state index in [1.54, 1.807) is 24.3 Å². The minimum absolute atomic E-state index is 0.0135. The van der Waals surface area contributed by atoms with Crippen LogP contribution in [0, 0.1) is 11.3 Å². The minimum atomic E-state index is -0.277. The van der Waals surface area contributed by atoms with Gasteiger partial charge in [0.25, 0.3) is 5.91 Å². The lowest BCUT2D eigenvalue weighted by atomic mass is 10.1. The predicted molar refractivity (Wildman–Crippen MR) is 105 cm³/mol. The Kier molecular flexibility index (Phi) is 5.67. The summed E-state index contributed by atoms with van der Waals surface area (Å²) in [5.41, 5.74) is 13.3. The summed E-state index contributed by atoms with van der Waals surface area (Å²) in [4.78, 5) is 20.0. The van der Waals surface area contributed by atoms with E-state index in [0.29, 0.717) is 17.9 Å². The minimum Gasteiger partial charge on any atom is -0.483 e. The maximum atomic E-state index is 12.1. The van der Waals surface area contributed by atoms with Crippen molar-refractivity contribution in [1.29, 1.82) is 5.26 Å². The third-order valence-corrected chi connectivity index (χ3v) is 3.90. The highest BCUT2D eigenvalue weighted by atomic mass is 16.5. The third kappa shape index (κ3) is 4.34. The third-order valence-electron chi connectivity index (χ3n) is 3.90. The van der Waals surface area contributed by atoms with E-state index in [9.17, 15) is 10.1 Å². The zero-order valence-electron chi connectivity index (χ0n) is 14.9. The average Bonchev–Trinajstić information content (AvgIpc) is 2.71. The van der Waals surface area contributed by atoms with Gasteiger partial charge in [-0.3, -0.25) is 4.79 Å². The molecule has 0 saturated carbocycles. The van der Waals surface area contributed by atoms with Crippen LogP contribution in [-0.2, 0) is 11.3 Å². The molecular formula is C20H18N6O2. The molecule has 0 aliphatic rings. The van der Waals surface area contributed by atoms with Crippen LogP contribution in [0.3, 0.4) is 0 Å². The first-order valence-corrected chi connectivity index (χ1v) is 8.44. The first-order valence-electron chi connectivity index (χ1n) is 8.44. The molecule has 0 aliphatic carbocycles. The fourth-order valence-corrected chi connectivity index (χ4v) is 2.58. The molecule has 0 spiro atoms. The second-order valence-electron chi connectivity index (χ2n) is 5.85. The summed E-state index contributed by atoms with van der Waals surface area (Å²) in [7, 11) is 0. The number of carbonyl (C=O) groups excluding carboxylic acids is 1. The molecule has 0 aliphatic heterocycles. The lowest BCUT2D eigenvalue weighted by molar-refractivity contribution is -0.123. The Morgan fingerprint density at radius 3 is 2.54 bits per heavy atom. The van der Waals surface area contributed by atoms with Crippen molar-refractivity contribution in [3.63, 3.8) is 0 Å². The fourth-order valence-electron chi connectivity index (χ4n) is 2.58. The molecule has 1 aromatic heterocycles. The van der Waals surface area contributed by atoms with Crippen molar-refractivity contribution in [2.75, 3.05) is 18.1 Å². The Labute approximate surface area is 161 Å².